The minimum absolute atomic E-state index is 0.121. The summed E-state index contributed by atoms with van der Waals surface area (Å²) < 4.78 is 28.5. The minimum atomic E-state index is -3.55. The van der Waals surface area contributed by atoms with Gasteiger partial charge in [0.2, 0.25) is 11.8 Å². The molecule has 1 unspecified atom stereocenters. The highest BCUT2D eigenvalue weighted by Gasteiger charge is 2.50. The first-order valence-electron chi connectivity index (χ1n) is 9.70. The molecule has 26 heavy (non-hydrogen) atoms. The Hall–Kier alpha value is -1.15. The molecular formula is C18H30N2O5S. The number of nitrogens with one attached hydrogen (secondary N) is 1. The number of hydrogen-bond donors (Lipinski definition) is 1. The first-order valence-corrected chi connectivity index (χ1v) is 11.6. The zero-order valence-corrected chi connectivity index (χ0v) is 16.4. The fourth-order valence-electron chi connectivity index (χ4n) is 4.47. The van der Waals surface area contributed by atoms with Gasteiger partial charge in [0.15, 0.2) is 14.6 Å². The van der Waals surface area contributed by atoms with Crippen LogP contribution in [0.1, 0.15) is 51.4 Å². The molecule has 2 heterocycles. The molecule has 8 heteroatoms. The van der Waals surface area contributed by atoms with Gasteiger partial charge in [-0.15, -0.1) is 0 Å². The van der Waals surface area contributed by atoms with E-state index in [4.69, 9.17) is 4.74 Å². The highest BCUT2D eigenvalue weighted by Crippen LogP contribution is 2.31. The van der Waals surface area contributed by atoms with Crippen LogP contribution in [0.2, 0.25) is 0 Å². The Morgan fingerprint density at radius 1 is 1.08 bits per heavy atom. The van der Waals surface area contributed by atoms with Crippen molar-refractivity contribution in [3.8, 4) is 0 Å². The van der Waals surface area contributed by atoms with E-state index >= 15 is 0 Å². The molecule has 0 spiro atoms. The van der Waals surface area contributed by atoms with Gasteiger partial charge in [-0.25, -0.2) is 8.42 Å². The van der Waals surface area contributed by atoms with E-state index in [-0.39, 0.29) is 43.9 Å². The van der Waals surface area contributed by atoms with Gasteiger partial charge < -0.3 is 15.0 Å². The van der Waals surface area contributed by atoms with Crippen LogP contribution in [0.5, 0.6) is 0 Å². The first kappa shape index (κ1) is 19.6. The SMILES string of the molecule is CS(=O)(=O)C1(C(=O)NC2CCN(C(=O)C3CCCCC3)C2)CCOCC1. The van der Waals surface area contributed by atoms with Crippen molar-refractivity contribution >= 4 is 21.7 Å². The van der Waals surface area contributed by atoms with E-state index in [9.17, 15) is 18.0 Å². The van der Waals surface area contributed by atoms with Crippen LogP contribution in [0.3, 0.4) is 0 Å². The van der Waals surface area contributed by atoms with E-state index in [1.165, 1.54) is 6.42 Å². The number of amides is 2. The average Bonchev–Trinajstić information content (AvgIpc) is 3.10. The van der Waals surface area contributed by atoms with Crippen molar-refractivity contribution in [2.24, 2.45) is 5.92 Å². The zero-order valence-electron chi connectivity index (χ0n) is 15.5. The van der Waals surface area contributed by atoms with Crippen LogP contribution >= 0.6 is 0 Å². The van der Waals surface area contributed by atoms with Crippen LogP contribution < -0.4 is 5.32 Å². The minimum Gasteiger partial charge on any atom is -0.381 e. The zero-order chi connectivity index (χ0) is 18.8. The second-order valence-corrected chi connectivity index (χ2v) is 10.3. The number of rotatable bonds is 4. The molecule has 0 aromatic rings. The third-order valence-corrected chi connectivity index (χ3v) is 8.23. The molecule has 0 aromatic carbocycles. The molecule has 3 aliphatic rings. The van der Waals surface area contributed by atoms with Crippen molar-refractivity contribution in [1.82, 2.24) is 10.2 Å². The molecule has 2 amide bonds. The van der Waals surface area contributed by atoms with Gasteiger partial charge in [0, 0.05) is 44.5 Å². The smallest absolute Gasteiger partial charge is 0.241 e. The number of hydrogen-bond acceptors (Lipinski definition) is 5. The van der Waals surface area contributed by atoms with Crippen LogP contribution in [0.4, 0.5) is 0 Å². The quantitative estimate of drug-likeness (QED) is 0.774. The largest absolute Gasteiger partial charge is 0.381 e. The van der Waals surface area contributed by atoms with E-state index in [0.29, 0.717) is 19.5 Å². The Balaban J connectivity index is 1.60. The van der Waals surface area contributed by atoms with Gasteiger partial charge in [-0.2, -0.15) is 0 Å². The van der Waals surface area contributed by atoms with Crippen molar-refractivity contribution in [1.29, 1.82) is 0 Å². The highest BCUT2D eigenvalue weighted by molar-refractivity contribution is 7.92. The molecule has 0 radical (unpaired) electrons. The lowest BCUT2D eigenvalue weighted by Crippen LogP contribution is -2.57. The summed E-state index contributed by atoms with van der Waals surface area (Å²) in [6.07, 6.45) is 7.55. The molecule has 1 atom stereocenters. The Kier molecular flexibility index (Phi) is 5.91. The third kappa shape index (κ3) is 3.91. The van der Waals surface area contributed by atoms with Gasteiger partial charge in [0.25, 0.3) is 0 Å². The first-order chi connectivity index (χ1) is 12.3. The molecule has 3 rings (SSSR count). The van der Waals surface area contributed by atoms with Crippen LogP contribution in [-0.2, 0) is 24.2 Å². The number of carbonyl (C=O) groups is 2. The summed E-state index contributed by atoms with van der Waals surface area (Å²) in [5.41, 5.74) is 0. The summed E-state index contributed by atoms with van der Waals surface area (Å²) in [4.78, 5) is 27.4. The second-order valence-electron chi connectivity index (χ2n) is 7.96. The molecule has 2 saturated heterocycles. The number of ether oxygens (including phenoxy) is 1. The predicted molar refractivity (Wildman–Crippen MR) is 97.3 cm³/mol. The second kappa shape index (κ2) is 7.84. The molecular weight excluding hydrogens is 356 g/mol. The lowest BCUT2D eigenvalue weighted by Gasteiger charge is -2.34. The van der Waals surface area contributed by atoms with Crippen LogP contribution in [0, 0.1) is 5.92 Å². The molecule has 148 valence electrons. The lowest BCUT2D eigenvalue weighted by atomic mass is 9.88. The number of sulfone groups is 1. The van der Waals surface area contributed by atoms with Gasteiger partial charge in [0.1, 0.15) is 0 Å². The molecule has 3 fully saturated rings. The topological polar surface area (TPSA) is 92.8 Å². The van der Waals surface area contributed by atoms with E-state index < -0.39 is 20.5 Å². The van der Waals surface area contributed by atoms with Crippen LogP contribution in [-0.4, -0.2) is 68.5 Å². The Morgan fingerprint density at radius 3 is 2.35 bits per heavy atom. The normalized spacial score (nSPS) is 27.3. The van der Waals surface area contributed by atoms with Crippen molar-refractivity contribution in [2.45, 2.75) is 62.2 Å². The Morgan fingerprint density at radius 2 is 1.73 bits per heavy atom. The van der Waals surface area contributed by atoms with Crippen LogP contribution in [0.15, 0.2) is 0 Å². The fourth-order valence-corrected chi connectivity index (χ4v) is 5.77. The van der Waals surface area contributed by atoms with Crippen molar-refractivity contribution in [3.05, 3.63) is 0 Å². The Bertz CT molecular complexity index is 636. The maximum absolute atomic E-state index is 12.9. The molecule has 0 aromatic heterocycles. The predicted octanol–water partition coefficient (Wildman–Crippen LogP) is 0.878. The van der Waals surface area contributed by atoms with Gasteiger partial charge in [-0.05, 0) is 32.1 Å². The summed E-state index contributed by atoms with van der Waals surface area (Å²) in [7, 11) is -3.55. The maximum Gasteiger partial charge on any atom is 0.241 e. The summed E-state index contributed by atoms with van der Waals surface area (Å²) in [5, 5.41) is 2.92. The van der Waals surface area contributed by atoms with Crippen molar-refractivity contribution < 1.29 is 22.7 Å². The highest BCUT2D eigenvalue weighted by atomic mass is 32.2. The fraction of sp³-hybridized carbons (Fsp3) is 0.889. The molecule has 0 bridgehead atoms. The van der Waals surface area contributed by atoms with E-state index in [0.717, 1.165) is 31.9 Å². The number of likely N-dealkylation sites (tertiary alicyclic amines) is 1. The Labute approximate surface area is 155 Å². The maximum atomic E-state index is 12.9. The lowest BCUT2D eigenvalue weighted by molar-refractivity contribution is -0.136. The van der Waals surface area contributed by atoms with Gasteiger partial charge in [0.05, 0.1) is 0 Å². The van der Waals surface area contributed by atoms with Crippen molar-refractivity contribution in [3.63, 3.8) is 0 Å². The molecule has 2 aliphatic heterocycles. The van der Waals surface area contributed by atoms with Gasteiger partial charge in [-0.1, -0.05) is 19.3 Å². The molecule has 1 aliphatic carbocycles. The third-order valence-electron chi connectivity index (χ3n) is 6.21. The van der Waals surface area contributed by atoms with E-state index in [1.54, 1.807) is 0 Å². The molecule has 1 N–H and O–H groups in total. The van der Waals surface area contributed by atoms with E-state index in [1.807, 2.05) is 4.90 Å². The van der Waals surface area contributed by atoms with Crippen LogP contribution in [0.25, 0.3) is 0 Å². The van der Waals surface area contributed by atoms with Gasteiger partial charge >= 0.3 is 0 Å². The van der Waals surface area contributed by atoms with E-state index in [2.05, 4.69) is 5.32 Å². The van der Waals surface area contributed by atoms with Crippen molar-refractivity contribution in [2.75, 3.05) is 32.6 Å². The molecule has 7 nitrogen and oxygen atoms in total. The van der Waals surface area contributed by atoms with Gasteiger partial charge in [-0.3, -0.25) is 9.59 Å². The average molecular weight is 387 g/mol. The monoisotopic (exact) mass is 386 g/mol. The number of nitrogens with zero attached hydrogens (tertiary/aromatic N) is 1. The summed E-state index contributed by atoms with van der Waals surface area (Å²) in [5.74, 6) is -0.110. The summed E-state index contributed by atoms with van der Waals surface area (Å²) in [6.45, 7) is 1.67. The summed E-state index contributed by atoms with van der Waals surface area (Å²) in [6, 6.07) is -0.170. The number of carbonyl (C=O) groups excluding carboxylic acids is 2. The molecule has 1 saturated carbocycles. The summed E-state index contributed by atoms with van der Waals surface area (Å²) >= 11 is 0. The standard InChI is InChI=1S/C18H30N2O5S/c1-26(23,24)18(8-11-25-12-9-18)17(22)19-15-7-10-20(13-15)16(21)14-5-3-2-4-6-14/h14-15H,2-13H2,1H3,(H,19,22).